The third kappa shape index (κ3) is 4.22. The number of nitrogens with one attached hydrogen (secondary N) is 2. The monoisotopic (exact) mass is 379 g/mol. The van der Waals surface area contributed by atoms with Gasteiger partial charge in [0.2, 0.25) is 0 Å². The molecule has 7 nitrogen and oxygen atoms in total. The van der Waals surface area contributed by atoms with Crippen LogP contribution in [0.5, 0.6) is 0 Å². The zero-order chi connectivity index (χ0) is 20.1. The van der Waals surface area contributed by atoms with Crippen LogP contribution in [0, 0.1) is 18.3 Å². The molecule has 1 aliphatic carbocycles. The normalized spacial score (nSPS) is 14.3. The molecule has 0 bridgehead atoms. The second kappa shape index (κ2) is 8.70. The summed E-state index contributed by atoms with van der Waals surface area (Å²) in [6.07, 6.45) is 7.85. The molecule has 28 heavy (non-hydrogen) atoms. The van der Waals surface area contributed by atoms with E-state index in [-0.39, 0.29) is 11.5 Å². The van der Waals surface area contributed by atoms with Crippen LogP contribution in [0.3, 0.4) is 0 Å². The van der Waals surface area contributed by atoms with Gasteiger partial charge < -0.3 is 15.2 Å². The first-order chi connectivity index (χ1) is 13.5. The molecule has 2 heterocycles. The molecule has 0 aromatic carbocycles. The van der Waals surface area contributed by atoms with Crippen molar-refractivity contribution in [2.75, 3.05) is 11.9 Å². The molecule has 1 aliphatic rings. The summed E-state index contributed by atoms with van der Waals surface area (Å²) in [4.78, 5) is 33.6. The van der Waals surface area contributed by atoms with Gasteiger partial charge in [0.1, 0.15) is 17.5 Å². The first kappa shape index (κ1) is 19.6. The van der Waals surface area contributed by atoms with Crippen molar-refractivity contribution in [2.45, 2.75) is 51.6 Å². The van der Waals surface area contributed by atoms with Crippen LogP contribution < -0.4 is 15.8 Å². The van der Waals surface area contributed by atoms with E-state index in [9.17, 15) is 9.59 Å². The van der Waals surface area contributed by atoms with E-state index < -0.39 is 5.56 Å². The Morgan fingerprint density at radius 2 is 2.14 bits per heavy atom. The van der Waals surface area contributed by atoms with Gasteiger partial charge in [0.15, 0.2) is 0 Å². The lowest BCUT2D eigenvalue weighted by Crippen LogP contribution is -2.35. The molecule has 2 aromatic heterocycles. The summed E-state index contributed by atoms with van der Waals surface area (Å²) in [7, 11) is 2.06. The number of hydrogen-bond acceptors (Lipinski definition) is 5. The van der Waals surface area contributed by atoms with Crippen molar-refractivity contribution in [2.24, 2.45) is 0 Å². The van der Waals surface area contributed by atoms with Gasteiger partial charge in [-0.3, -0.25) is 9.59 Å². The standard InChI is InChI=1S/C21H25N5O2/c1-14-18(11-16(12-22)20(27)25-14)21(28)24-13-15-7-6-10-23-19(15)26(2)17-8-4-3-5-9-17/h6-7,10-11,17H,3-5,8-9,13H2,1-2H3,(H,24,28)(H,25,27). The number of carbonyl (C=O) groups excluding carboxylic acids is 1. The van der Waals surface area contributed by atoms with E-state index >= 15 is 0 Å². The minimum absolute atomic E-state index is 0.0742. The highest BCUT2D eigenvalue weighted by molar-refractivity contribution is 5.95. The molecule has 7 heteroatoms. The van der Waals surface area contributed by atoms with Gasteiger partial charge in [-0.25, -0.2) is 4.98 Å². The third-order valence-corrected chi connectivity index (χ3v) is 5.37. The molecule has 2 aromatic rings. The molecule has 0 atom stereocenters. The van der Waals surface area contributed by atoms with Gasteiger partial charge in [-0.2, -0.15) is 5.26 Å². The second-order valence-electron chi connectivity index (χ2n) is 7.23. The largest absolute Gasteiger partial charge is 0.356 e. The maximum atomic E-state index is 12.6. The second-order valence-corrected chi connectivity index (χ2v) is 7.23. The van der Waals surface area contributed by atoms with Gasteiger partial charge in [-0.1, -0.05) is 25.3 Å². The van der Waals surface area contributed by atoms with Gasteiger partial charge in [0, 0.05) is 37.1 Å². The van der Waals surface area contributed by atoms with Crippen molar-refractivity contribution in [1.82, 2.24) is 15.3 Å². The molecule has 2 N–H and O–H groups in total. The van der Waals surface area contributed by atoms with E-state index in [0.717, 1.165) is 24.2 Å². The first-order valence-corrected chi connectivity index (χ1v) is 9.60. The van der Waals surface area contributed by atoms with E-state index in [4.69, 9.17) is 5.26 Å². The van der Waals surface area contributed by atoms with Gasteiger partial charge in [0.05, 0.1) is 5.56 Å². The minimum Gasteiger partial charge on any atom is -0.356 e. The number of rotatable bonds is 5. The van der Waals surface area contributed by atoms with Gasteiger partial charge in [-0.15, -0.1) is 0 Å². The maximum absolute atomic E-state index is 12.6. The molecule has 0 spiro atoms. The molecule has 3 rings (SSSR count). The van der Waals surface area contributed by atoms with Gasteiger partial charge in [0.25, 0.3) is 11.5 Å². The number of nitrogens with zero attached hydrogens (tertiary/aromatic N) is 3. The van der Waals surface area contributed by atoms with Crippen molar-refractivity contribution in [1.29, 1.82) is 5.26 Å². The summed E-state index contributed by atoms with van der Waals surface area (Å²) in [5, 5.41) is 11.9. The Bertz CT molecular complexity index is 954. The Morgan fingerprint density at radius 3 is 2.86 bits per heavy atom. The number of aryl methyl sites for hydroxylation is 1. The van der Waals surface area contributed by atoms with Crippen LogP contribution >= 0.6 is 0 Å². The molecule has 146 valence electrons. The van der Waals surface area contributed by atoms with Crippen LogP contribution in [-0.2, 0) is 6.54 Å². The zero-order valence-electron chi connectivity index (χ0n) is 16.3. The van der Waals surface area contributed by atoms with Crippen LogP contribution in [0.15, 0.2) is 29.2 Å². The number of carbonyl (C=O) groups is 1. The summed E-state index contributed by atoms with van der Waals surface area (Å²) >= 11 is 0. The molecule has 0 saturated heterocycles. The maximum Gasteiger partial charge on any atom is 0.266 e. The lowest BCUT2D eigenvalue weighted by atomic mass is 9.94. The number of nitriles is 1. The summed E-state index contributed by atoms with van der Waals surface area (Å²) < 4.78 is 0. The first-order valence-electron chi connectivity index (χ1n) is 9.60. The lowest BCUT2D eigenvalue weighted by Gasteiger charge is -2.33. The molecule has 0 radical (unpaired) electrons. The fourth-order valence-electron chi connectivity index (χ4n) is 3.74. The number of aromatic amines is 1. The van der Waals surface area contributed by atoms with E-state index in [2.05, 4.69) is 27.2 Å². The summed E-state index contributed by atoms with van der Waals surface area (Å²) in [6.45, 7) is 1.96. The quantitative estimate of drug-likeness (QED) is 0.831. The van der Waals surface area contributed by atoms with Gasteiger partial charge >= 0.3 is 0 Å². The highest BCUT2D eigenvalue weighted by Gasteiger charge is 2.21. The van der Waals surface area contributed by atoms with Gasteiger partial charge in [-0.05, 0) is 31.9 Å². The summed E-state index contributed by atoms with van der Waals surface area (Å²) in [5.74, 6) is 0.547. The number of hydrogen-bond donors (Lipinski definition) is 2. The van der Waals surface area contributed by atoms with Crippen LogP contribution in [0.1, 0.15) is 59.3 Å². The van der Waals surface area contributed by atoms with Crippen LogP contribution in [-0.4, -0.2) is 29.0 Å². The molecule has 0 unspecified atom stereocenters. The lowest BCUT2D eigenvalue weighted by molar-refractivity contribution is 0.0950. The smallest absolute Gasteiger partial charge is 0.266 e. The molecular formula is C21H25N5O2. The highest BCUT2D eigenvalue weighted by Crippen LogP contribution is 2.26. The number of anilines is 1. The molecular weight excluding hydrogens is 354 g/mol. The Balaban J connectivity index is 1.76. The average Bonchev–Trinajstić information content (AvgIpc) is 2.72. The Kier molecular flexibility index (Phi) is 6.09. The fourth-order valence-corrected chi connectivity index (χ4v) is 3.74. The van der Waals surface area contributed by atoms with E-state index in [1.807, 2.05) is 18.2 Å². The predicted octanol–water partition coefficient (Wildman–Crippen LogP) is 2.65. The van der Waals surface area contributed by atoms with Crippen molar-refractivity contribution >= 4 is 11.7 Å². The van der Waals surface area contributed by atoms with E-state index in [1.165, 1.54) is 25.3 Å². The predicted molar refractivity (Wildman–Crippen MR) is 107 cm³/mol. The summed E-state index contributed by atoms with van der Waals surface area (Å²) in [5.41, 5.74) is 1.11. The Morgan fingerprint density at radius 1 is 1.39 bits per heavy atom. The number of pyridine rings is 2. The van der Waals surface area contributed by atoms with Crippen LogP contribution in [0.4, 0.5) is 5.82 Å². The fraction of sp³-hybridized carbons (Fsp3) is 0.429. The highest BCUT2D eigenvalue weighted by atomic mass is 16.1. The Hall–Kier alpha value is -3.14. The molecule has 1 saturated carbocycles. The van der Waals surface area contributed by atoms with Crippen molar-refractivity contribution in [3.8, 4) is 6.07 Å². The van der Waals surface area contributed by atoms with E-state index in [0.29, 0.717) is 23.8 Å². The molecule has 0 aliphatic heterocycles. The average molecular weight is 379 g/mol. The van der Waals surface area contributed by atoms with Crippen LogP contribution in [0.2, 0.25) is 0 Å². The molecule has 1 fully saturated rings. The SMILES string of the molecule is Cc1[nH]c(=O)c(C#N)cc1C(=O)NCc1cccnc1N(C)C1CCCCC1. The number of amides is 1. The van der Waals surface area contributed by atoms with E-state index in [1.54, 1.807) is 13.1 Å². The topological polar surface area (TPSA) is 102 Å². The number of H-pyrrole nitrogens is 1. The van der Waals surface area contributed by atoms with Crippen molar-refractivity contribution < 1.29 is 4.79 Å². The summed E-state index contributed by atoms with van der Waals surface area (Å²) in [6, 6.07) is 7.44. The third-order valence-electron chi connectivity index (χ3n) is 5.37. The van der Waals surface area contributed by atoms with Crippen molar-refractivity contribution in [3.05, 3.63) is 57.1 Å². The Labute approximate surface area is 164 Å². The van der Waals surface area contributed by atoms with Crippen molar-refractivity contribution in [3.63, 3.8) is 0 Å². The van der Waals surface area contributed by atoms with Crippen LogP contribution in [0.25, 0.3) is 0 Å². The minimum atomic E-state index is -0.486. The molecule has 1 amide bonds. The number of aromatic nitrogens is 2. The zero-order valence-corrected chi connectivity index (χ0v) is 16.3.